The number of carbonyl (C=O) groups is 2. The van der Waals surface area contributed by atoms with Gasteiger partial charge in [-0.3, -0.25) is 4.79 Å². The van der Waals surface area contributed by atoms with Crippen molar-refractivity contribution in [3.05, 3.63) is 40.6 Å². The summed E-state index contributed by atoms with van der Waals surface area (Å²) in [5.41, 5.74) is 1.81. The highest BCUT2D eigenvalue weighted by molar-refractivity contribution is 7.99. The van der Waals surface area contributed by atoms with Gasteiger partial charge < -0.3 is 14.8 Å². The van der Waals surface area contributed by atoms with E-state index in [2.05, 4.69) is 15.3 Å². The Morgan fingerprint density at radius 2 is 1.87 bits per heavy atom. The van der Waals surface area contributed by atoms with E-state index in [-0.39, 0.29) is 23.8 Å². The molecule has 7 nitrogen and oxygen atoms in total. The number of hydrogen-bond donors (Lipinski definition) is 2. The lowest BCUT2D eigenvalue weighted by molar-refractivity contribution is -0.118. The molecule has 2 aromatic rings. The monoisotopic (exact) mass is 335 g/mol. The number of aromatic carboxylic acids is 1. The molecule has 2 aromatic heterocycles. The lowest BCUT2D eigenvalue weighted by atomic mass is 10.2. The van der Waals surface area contributed by atoms with Gasteiger partial charge in [0.1, 0.15) is 17.1 Å². The second-order valence-electron chi connectivity index (χ2n) is 4.99. The third-order valence-electron chi connectivity index (χ3n) is 2.95. The molecule has 23 heavy (non-hydrogen) atoms. The van der Waals surface area contributed by atoms with E-state index in [4.69, 9.17) is 9.52 Å². The van der Waals surface area contributed by atoms with E-state index in [9.17, 15) is 9.59 Å². The molecule has 0 aliphatic rings. The number of rotatable bonds is 6. The molecule has 0 saturated heterocycles. The summed E-state index contributed by atoms with van der Waals surface area (Å²) < 4.78 is 5.29. The van der Waals surface area contributed by atoms with Gasteiger partial charge in [0.2, 0.25) is 5.91 Å². The number of carboxylic acid groups (broad SMARTS) is 1. The van der Waals surface area contributed by atoms with Crippen molar-refractivity contribution in [2.45, 2.75) is 32.5 Å². The van der Waals surface area contributed by atoms with Gasteiger partial charge in [-0.05, 0) is 32.9 Å². The van der Waals surface area contributed by atoms with Gasteiger partial charge in [-0.25, -0.2) is 14.8 Å². The molecule has 0 aliphatic heterocycles. The van der Waals surface area contributed by atoms with Crippen molar-refractivity contribution in [2.75, 3.05) is 5.75 Å². The Morgan fingerprint density at radius 1 is 1.22 bits per heavy atom. The largest absolute Gasteiger partial charge is 0.478 e. The van der Waals surface area contributed by atoms with Gasteiger partial charge >= 0.3 is 5.97 Å². The van der Waals surface area contributed by atoms with Crippen LogP contribution in [0.5, 0.6) is 0 Å². The molecule has 0 fully saturated rings. The molecule has 0 bridgehead atoms. The number of aromatic nitrogens is 2. The molecule has 1 amide bonds. The summed E-state index contributed by atoms with van der Waals surface area (Å²) in [6.07, 6.45) is 0. The second kappa shape index (κ2) is 7.28. The Labute approximate surface area is 137 Å². The number of nitrogens with one attached hydrogen (secondary N) is 1. The lowest BCUT2D eigenvalue weighted by Gasteiger charge is -2.04. The maximum absolute atomic E-state index is 11.8. The zero-order chi connectivity index (χ0) is 17.0. The van der Waals surface area contributed by atoms with Crippen LogP contribution in [-0.4, -0.2) is 32.7 Å². The highest BCUT2D eigenvalue weighted by Gasteiger charge is 2.14. The SMILES string of the molecule is Cc1cc(C)nc(SCC(=O)NCc2cc(C(=O)O)c(C)o2)n1. The minimum absolute atomic E-state index is 0.104. The van der Waals surface area contributed by atoms with E-state index < -0.39 is 5.97 Å². The molecule has 2 heterocycles. The number of nitrogens with zero attached hydrogens (tertiary/aromatic N) is 2. The highest BCUT2D eigenvalue weighted by atomic mass is 32.2. The van der Waals surface area contributed by atoms with Crippen molar-refractivity contribution >= 4 is 23.6 Å². The normalized spacial score (nSPS) is 10.6. The number of thioether (sulfide) groups is 1. The van der Waals surface area contributed by atoms with Crippen molar-refractivity contribution in [2.24, 2.45) is 0 Å². The summed E-state index contributed by atoms with van der Waals surface area (Å²) in [6.45, 7) is 5.46. The third kappa shape index (κ3) is 4.82. The van der Waals surface area contributed by atoms with E-state index in [1.165, 1.54) is 17.8 Å². The van der Waals surface area contributed by atoms with Gasteiger partial charge in [-0.1, -0.05) is 11.8 Å². The number of aryl methyl sites for hydroxylation is 3. The topological polar surface area (TPSA) is 105 Å². The fourth-order valence-corrected chi connectivity index (χ4v) is 2.75. The summed E-state index contributed by atoms with van der Waals surface area (Å²) in [4.78, 5) is 31.3. The standard InChI is InChI=1S/C15H17N3O4S/c1-8-4-9(2)18-15(17-8)23-7-13(19)16-6-11-5-12(14(20)21)10(3)22-11/h4-5H,6-7H2,1-3H3,(H,16,19)(H,20,21). The Morgan fingerprint density at radius 3 is 2.43 bits per heavy atom. The first-order valence-electron chi connectivity index (χ1n) is 6.89. The van der Waals surface area contributed by atoms with E-state index in [0.717, 1.165) is 11.4 Å². The van der Waals surface area contributed by atoms with Crippen LogP contribution in [0.1, 0.15) is 33.3 Å². The van der Waals surface area contributed by atoms with Crippen LogP contribution < -0.4 is 5.32 Å². The van der Waals surface area contributed by atoms with Gasteiger partial charge in [0.15, 0.2) is 5.16 Å². The van der Waals surface area contributed by atoms with Gasteiger partial charge in [0, 0.05) is 11.4 Å². The number of carbonyl (C=O) groups excluding carboxylic acids is 1. The van der Waals surface area contributed by atoms with Crippen molar-refractivity contribution in [1.29, 1.82) is 0 Å². The Bertz CT molecular complexity index is 722. The fourth-order valence-electron chi connectivity index (χ4n) is 1.97. The molecule has 8 heteroatoms. The van der Waals surface area contributed by atoms with E-state index >= 15 is 0 Å². The van der Waals surface area contributed by atoms with E-state index in [0.29, 0.717) is 16.7 Å². The number of carboxylic acids is 1. The first-order valence-corrected chi connectivity index (χ1v) is 7.88. The summed E-state index contributed by atoms with van der Waals surface area (Å²) in [5.74, 6) is -0.357. The minimum Gasteiger partial charge on any atom is -0.478 e. The predicted octanol–water partition coefficient (Wildman–Crippen LogP) is 2.10. The second-order valence-corrected chi connectivity index (χ2v) is 5.93. The number of amides is 1. The molecule has 0 aliphatic carbocycles. The van der Waals surface area contributed by atoms with Crippen molar-refractivity contribution in [3.8, 4) is 0 Å². The molecule has 2 rings (SSSR count). The summed E-state index contributed by atoms with van der Waals surface area (Å²) in [5, 5.41) is 12.2. The third-order valence-corrected chi connectivity index (χ3v) is 3.80. The van der Waals surface area contributed by atoms with Crippen molar-refractivity contribution in [1.82, 2.24) is 15.3 Å². The maximum atomic E-state index is 11.8. The van der Waals surface area contributed by atoms with Crippen molar-refractivity contribution in [3.63, 3.8) is 0 Å². The first kappa shape index (κ1) is 17.0. The molecule has 0 radical (unpaired) electrons. The van der Waals surface area contributed by atoms with Gasteiger partial charge in [0.25, 0.3) is 0 Å². The predicted molar refractivity (Wildman–Crippen MR) is 84.5 cm³/mol. The molecule has 0 aromatic carbocycles. The molecular weight excluding hydrogens is 318 g/mol. The molecule has 0 spiro atoms. The molecule has 0 unspecified atom stereocenters. The maximum Gasteiger partial charge on any atom is 0.339 e. The summed E-state index contributed by atoms with van der Waals surface area (Å²) in [7, 11) is 0. The molecule has 2 N–H and O–H groups in total. The Hall–Kier alpha value is -2.35. The zero-order valence-corrected chi connectivity index (χ0v) is 13.9. The average Bonchev–Trinajstić information content (AvgIpc) is 2.83. The first-order chi connectivity index (χ1) is 10.8. The average molecular weight is 335 g/mol. The molecule has 122 valence electrons. The molecule has 0 atom stereocenters. The molecular formula is C15H17N3O4S. The summed E-state index contributed by atoms with van der Waals surface area (Å²) >= 11 is 1.25. The Balaban J connectivity index is 1.85. The fraction of sp³-hybridized carbons (Fsp3) is 0.333. The van der Waals surface area contributed by atoms with Crippen LogP contribution in [-0.2, 0) is 11.3 Å². The van der Waals surface area contributed by atoms with Crippen molar-refractivity contribution < 1.29 is 19.1 Å². The van der Waals surface area contributed by atoms with Crippen LogP contribution >= 0.6 is 11.8 Å². The molecule has 0 saturated carbocycles. The summed E-state index contributed by atoms with van der Waals surface area (Å²) in [6, 6.07) is 3.28. The Kier molecular flexibility index (Phi) is 5.38. The van der Waals surface area contributed by atoms with Gasteiger partial charge in [-0.15, -0.1) is 0 Å². The number of hydrogen-bond acceptors (Lipinski definition) is 6. The van der Waals surface area contributed by atoms with Gasteiger partial charge in [0.05, 0.1) is 12.3 Å². The van der Waals surface area contributed by atoms with Gasteiger partial charge in [-0.2, -0.15) is 0 Å². The quantitative estimate of drug-likeness (QED) is 0.615. The smallest absolute Gasteiger partial charge is 0.339 e. The van der Waals surface area contributed by atoms with Crippen LogP contribution in [0.4, 0.5) is 0 Å². The minimum atomic E-state index is -1.05. The van der Waals surface area contributed by atoms with E-state index in [1.807, 2.05) is 19.9 Å². The van der Waals surface area contributed by atoms with E-state index in [1.54, 1.807) is 6.92 Å². The van der Waals surface area contributed by atoms with Crippen LogP contribution in [0.3, 0.4) is 0 Å². The lowest BCUT2D eigenvalue weighted by Crippen LogP contribution is -2.24. The van der Waals surface area contributed by atoms with Crippen LogP contribution in [0.25, 0.3) is 0 Å². The van der Waals surface area contributed by atoms with Crippen LogP contribution in [0.2, 0.25) is 0 Å². The van der Waals surface area contributed by atoms with Crippen LogP contribution in [0.15, 0.2) is 21.7 Å². The van der Waals surface area contributed by atoms with Crippen LogP contribution in [0, 0.1) is 20.8 Å². The zero-order valence-electron chi connectivity index (χ0n) is 13.0. The number of furan rings is 1. The highest BCUT2D eigenvalue weighted by Crippen LogP contribution is 2.15.